The second-order valence-corrected chi connectivity index (χ2v) is 19.5. The molecule has 0 aliphatic heterocycles. The summed E-state index contributed by atoms with van der Waals surface area (Å²) >= 11 is 0. The average Bonchev–Trinajstić information content (AvgIpc) is 3.30. The zero-order chi connectivity index (χ0) is 47.4. The van der Waals surface area contributed by atoms with Crippen molar-refractivity contribution in [3.63, 3.8) is 0 Å². The van der Waals surface area contributed by atoms with Gasteiger partial charge in [-0.3, -0.25) is 18.6 Å². The van der Waals surface area contributed by atoms with E-state index in [4.69, 9.17) is 24.3 Å². The van der Waals surface area contributed by atoms with Crippen molar-refractivity contribution in [2.45, 2.75) is 264 Å². The van der Waals surface area contributed by atoms with Crippen LogP contribution in [-0.4, -0.2) is 49.3 Å². The van der Waals surface area contributed by atoms with E-state index in [-0.39, 0.29) is 38.6 Å². The Morgan fingerprint density at radius 3 is 1.25 bits per heavy atom. The van der Waals surface area contributed by atoms with Crippen LogP contribution in [0.15, 0.2) is 48.6 Å². The minimum atomic E-state index is -4.38. The summed E-state index contributed by atoms with van der Waals surface area (Å²) in [6, 6.07) is 0. The van der Waals surface area contributed by atoms with E-state index in [0.717, 1.165) is 70.6 Å². The van der Waals surface area contributed by atoms with Gasteiger partial charge in [0.15, 0.2) is 6.10 Å². The number of rotatable bonds is 51. The van der Waals surface area contributed by atoms with Crippen LogP contribution in [0.2, 0.25) is 0 Å². The topological polar surface area (TPSA) is 134 Å². The number of esters is 2. The molecule has 0 aromatic rings. The molecule has 0 heterocycles. The fraction of sp³-hybridized carbons (Fsp3) is 0.818. The zero-order valence-electron chi connectivity index (χ0n) is 42.2. The Hall–Kier alpha value is -2.03. The Bertz CT molecular complexity index is 1200. The van der Waals surface area contributed by atoms with Crippen molar-refractivity contribution in [3.8, 4) is 0 Å². The third-order valence-electron chi connectivity index (χ3n) is 11.7. The predicted octanol–water partition coefficient (Wildman–Crippen LogP) is 16.6. The summed E-state index contributed by atoms with van der Waals surface area (Å²) in [5, 5.41) is 0. The van der Waals surface area contributed by atoms with Gasteiger partial charge in [-0.1, -0.05) is 223 Å². The minimum Gasteiger partial charge on any atom is -0.462 e. The fourth-order valence-corrected chi connectivity index (χ4v) is 8.39. The number of phosphoric ester groups is 1. The number of ether oxygens (including phenoxy) is 2. The third-order valence-corrected chi connectivity index (χ3v) is 12.7. The molecule has 0 spiro atoms. The highest BCUT2D eigenvalue weighted by atomic mass is 31.2. The number of carbonyl (C=O) groups excluding carboxylic acids is 2. The van der Waals surface area contributed by atoms with Crippen LogP contribution < -0.4 is 5.73 Å². The molecular formula is C55H102NO8P. The highest BCUT2D eigenvalue weighted by molar-refractivity contribution is 7.47. The fourth-order valence-electron chi connectivity index (χ4n) is 7.62. The van der Waals surface area contributed by atoms with Crippen molar-refractivity contribution in [2.75, 3.05) is 26.4 Å². The quantitative estimate of drug-likeness (QED) is 0.0265. The maximum atomic E-state index is 12.6. The summed E-state index contributed by atoms with van der Waals surface area (Å²) in [5.41, 5.74) is 5.36. The first-order chi connectivity index (χ1) is 31.8. The van der Waals surface area contributed by atoms with Crippen LogP contribution in [0.3, 0.4) is 0 Å². The Morgan fingerprint density at radius 2 is 0.815 bits per heavy atom. The summed E-state index contributed by atoms with van der Waals surface area (Å²) in [7, 11) is -4.38. The van der Waals surface area contributed by atoms with Gasteiger partial charge in [-0.2, -0.15) is 0 Å². The molecule has 2 atom stereocenters. The summed E-state index contributed by atoms with van der Waals surface area (Å²) in [6.45, 7) is 3.69. The van der Waals surface area contributed by atoms with Crippen molar-refractivity contribution < 1.29 is 37.6 Å². The molecule has 0 aliphatic rings. The highest BCUT2D eigenvalue weighted by Crippen LogP contribution is 2.43. The molecule has 0 radical (unpaired) electrons. The second kappa shape index (κ2) is 51.4. The van der Waals surface area contributed by atoms with E-state index in [0.29, 0.717) is 6.42 Å². The molecule has 0 saturated carbocycles. The lowest BCUT2D eigenvalue weighted by Crippen LogP contribution is -2.29. The first-order valence-electron chi connectivity index (χ1n) is 27.1. The molecule has 0 rings (SSSR count). The van der Waals surface area contributed by atoms with E-state index in [1.807, 2.05) is 0 Å². The van der Waals surface area contributed by atoms with Crippen LogP contribution in [0.1, 0.15) is 258 Å². The average molecular weight is 936 g/mol. The van der Waals surface area contributed by atoms with Crippen molar-refractivity contribution >= 4 is 19.8 Å². The van der Waals surface area contributed by atoms with Gasteiger partial charge in [0.25, 0.3) is 0 Å². The van der Waals surface area contributed by atoms with Gasteiger partial charge in [0.1, 0.15) is 6.61 Å². The lowest BCUT2D eigenvalue weighted by Gasteiger charge is -2.19. The van der Waals surface area contributed by atoms with Gasteiger partial charge < -0.3 is 20.1 Å². The minimum absolute atomic E-state index is 0.0526. The van der Waals surface area contributed by atoms with Crippen molar-refractivity contribution in [2.24, 2.45) is 5.73 Å². The van der Waals surface area contributed by atoms with Crippen LogP contribution in [0, 0.1) is 0 Å². The SMILES string of the molecule is CCCC/C=C\CCCCCCCC(=O)OCC(COP(=O)(O)OCCN)OC(=O)CCCCCCCCCCCCCCCCCCCC/C=C\C/C=C\C/C=C\CCCCCCC. The molecular weight excluding hydrogens is 834 g/mol. The molecule has 0 amide bonds. The molecule has 0 aliphatic carbocycles. The molecule has 0 aromatic heterocycles. The number of nitrogens with two attached hydrogens (primary N) is 1. The van der Waals surface area contributed by atoms with Gasteiger partial charge >= 0.3 is 19.8 Å². The Morgan fingerprint density at radius 1 is 0.462 bits per heavy atom. The largest absolute Gasteiger partial charge is 0.472 e. The van der Waals surface area contributed by atoms with Gasteiger partial charge in [0.05, 0.1) is 13.2 Å². The summed E-state index contributed by atoms with van der Waals surface area (Å²) in [6.07, 6.45) is 61.8. The molecule has 9 nitrogen and oxygen atoms in total. The molecule has 65 heavy (non-hydrogen) atoms. The molecule has 380 valence electrons. The normalized spacial score (nSPS) is 13.5. The Balaban J connectivity index is 3.84. The van der Waals surface area contributed by atoms with Gasteiger partial charge in [0.2, 0.25) is 0 Å². The predicted molar refractivity (Wildman–Crippen MR) is 275 cm³/mol. The zero-order valence-corrected chi connectivity index (χ0v) is 43.1. The van der Waals surface area contributed by atoms with Gasteiger partial charge in [0, 0.05) is 19.4 Å². The molecule has 3 N–H and O–H groups in total. The Labute approximate surface area is 400 Å². The van der Waals surface area contributed by atoms with E-state index in [2.05, 4.69) is 62.5 Å². The van der Waals surface area contributed by atoms with E-state index >= 15 is 0 Å². The molecule has 0 bridgehead atoms. The van der Waals surface area contributed by atoms with Gasteiger partial charge in [-0.15, -0.1) is 0 Å². The number of carbonyl (C=O) groups is 2. The number of hydrogen-bond acceptors (Lipinski definition) is 8. The molecule has 10 heteroatoms. The van der Waals surface area contributed by atoms with Crippen LogP contribution in [0.5, 0.6) is 0 Å². The Kier molecular flexibility index (Phi) is 49.8. The molecule has 0 aromatic carbocycles. The van der Waals surface area contributed by atoms with Crippen molar-refractivity contribution in [1.29, 1.82) is 0 Å². The van der Waals surface area contributed by atoms with Gasteiger partial charge in [-0.05, 0) is 70.6 Å². The number of phosphoric acid groups is 1. The number of unbranched alkanes of at least 4 members (excludes halogenated alkanes) is 30. The summed E-state index contributed by atoms with van der Waals surface area (Å²) < 4.78 is 32.9. The number of hydrogen-bond donors (Lipinski definition) is 2. The van der Waals surface area contributed by atoms with Crippen LogP contribution in [0.4, 0.5) is 0 Å². The summed E-state index contributed by atoms with van der Waals surface area (Å²) in [5.74, 6) is -0.833. The molecule has 0 fully saturated rings. The summed E-state index contributed by atoms with van der Waals surface area (Å²) in [4.78, 5) is 35.0. The standard InChI is InChI=1S/C55H102NO8P/c1-3-5-7-9-11-13-15-16-17-18-19-20-21-22-23-24-25-26-27-28-29-30-31-32-33-34-35-36-38-40-42-44-46-48-55(58)64-53(52-63-65(59,60)62-50-49-56)51-61-54(57)47-45-43-41-39-37-14-12-10-8-6-4-2/h10,12,15-16,18-19,21-22,53H,3-9,11,13-14,17,20,23-52,56H2,1-2H3,(H,59,60)/b12-10-,16-15-,19-18-,22-21-. The van der Waals surface area contributed by atoms with E-state index in [1.54, 1.807) is 0 Å². The first-order valence-corrected chi connectivity index (χ1v) is 28.6. The van der Waals surface area contributed by atoms with E-state index < -0.39 is 26.5 Å². The van der Waals surface area contributed by atoms with Crippen molar-refractivity contribution in [3.05, 3.63) is 48.6 Å². The maximum Gasteiger partial charge on any atom is 0.472 e. The first kappa shape index (κ1) is 63.0. The highest BCUT2D eigenvalue weighted by Gasteiger charge is 2.26. The second-order valence-electron chi connectivity index (χ2n) is 18.1. The maximum absolute atomic E-state index is 12.6. The third kappa shape index (κ3) is 51.2. The van der Waals surface area contributed by atoms with Crippen LogP contribution in [0.25, 0.3) is 0 Å². The van der Waals surface area contributed by atoms with E-state index in [1.165, 1.54) is 154 Å². The number of allylic oxidation sites excluding steroid dienone is 8. The lowest BCUT2D eigenvalue weighted by atomic mass is 10.0. The molecule has 2 unspecified atom stereocenters. The monoisotopic (exact) mass is 936 g/mol. The van der Waals surface area contributed by atoms with Crippen LogP contribution in [-0.2, 0) is 32.7 Å². The van der Waals surface area contributed by atoms with Crippen LogP contribution >= 0.6 is 7.82 Å². The molecule has 0 saturated heterocycles. The lowest BCUT2D eigenvalue weighted by molar-refractivity contribution is -0.161. The van der Waals surface area contributed by atoms with Gasteiger partial charge in [-0.25, -0.2) is 4.57 Å². The van der Waals surface area contributed by atoms with E-state index in [9.17, 15) is 19.0 Å². The smallest absolute Gasteiger partial charge is 0.462 e. The van der Waals surface area contributed by atoms with Crippen molar-refractivity contribution in [1.82, 2.24) is 0 Å².